The van der Waals surface area contributed by atoms with Gasteiger partial charge >= 0.3 is 0 Å². The number of carbonyl (C=O) groups is 1. The molecule has 1 aliphatic rings. The molecule has 138 valence electrons. The smallest absolute Gasteiger partial charge is 0.270 e. The van der Waals surface area contributed by atoms with Gasteiger partial charge in [0.05, 0.1) is 22.1 Å². The van der Waals surface area contributed by atoms with Gasteiger partial charge in [0.2, 0.25) is 5.91 Å². The molecule has 4 rings (SSSR count). The van der Waals surface area contributed by atoms with Crippen molar-refractivity contribution in [1.82, 2.24) is 0 Å². The van der Waals surface area contributed by atoms with Crippen molar-refractivity contribution in [1.29, 1.82) is 0 Å². The molecule has 0 radical (unpaired) electrons. The van der Waals surface area contributed by atoms with Crippen LogP contribution in [0.1, 0.15) is 23.0 Å². The quantitative estimate of drug-likeness (QED) is 0.646. The number of benzene rings is 2. The van der Waals surface area contributed by atoms with Gasteiger partial charge in [-0.25, -0.2) is 12.7 Å². The Hall–Kier alpha value is -2.51. The fraction of sp³-hybridized carbons (Fsp3) is 0.150. The molecule has 1 aromatic heterocycles. The minimum atomic E-state index is -4.02. The average molecular weight is 399 g/mol. The van der Waals surface area contributed by atoms with Crippen molar-refractivity contribution in [3.63, 3.8) is 0 Å². The summed E-state index contributed by atoms with van der Waals surface area (Å²) >= 11 is 1.44. The lowest BCUT2D eigenvalue weighted by molar-refractivity contribution is -0.117. The predicted octanol–water partition coefficient (Wildman–Crippen LogP) is 4.55. The van der Waals surface area contributed by atoms with Crippen LogP contribution in [0.3, 0.4) is 0 Å². The maximum absolute atomic E-state index is 13.3. The van der Waals surface area contributed by atoms with E-state index in [0.29, 0.717) is 11.4 Å². The molecule has 0 aliphatic carbocycles. The van der Waals surface area contributed by atoms with Crippen LogP contribution in [0.4, 0.5) is 5.69 Å². The summed E-state index contributed by atoms with van der Waals surface area (Å²) in [6.45, 7) is 1.88. The number of carbonyl (C=O) groups excluding carboxylic acids is 1. The lowest BCUT2D eigenvalue weighted by Crippen LogP contribution is -2.36. The zero-order valence-electron chi connectivity index (χ0n) is 14.5. The molecule has 5 nitrogen and oxygen atoms in total. The van der Waals surface area contributed by atoms with Crippen LogP contribution in [-0.4, -0.2) is 14.3 Å². The number of thioether (sulfide) groups is 1. The fourth-order valence-electron chi connectivity index (χ4n) is 3.01. The van der Waals surface area contributed by atoms with Crippen molar-refractivity contribution in [2.24, 2.45) is 0 Å². The number of sulfonamides is 1. The monoisotopic (exact) mass is 399 g/mol. The summed E-state index contributed by atoms with van der Waals surface area (Å²) < 4.78 is 33.0. The van der Waals surface area contributed by atoms with Gasteiger partial charge in [-0.15, -0.1) is 11.8 Å². The number of rotatable bonds is 3. The van der Waals surface area contributed by atoms with E-state index in [-0.39, 0.29) is 16.6 Å². The number of hydrogen-bond acceptors (Lipinski definition) is 5. The molecule has 0 saturated heterocycles. The van der Waals surface area contributed by atoms with Crippen LogP contribution in [0.2, 0.25) is 0 Å². The van der Waals surface area contributed by atoms with Gasteiger partial charge in [0.25, 0.3) is 10.0 Å². The maximum atomic E-state index is 13.3. The highest BCUT2D eigenvalue weighted by molar-refractivity contribution is 8.00. The second-order valence-electron chi connectivity index (χ2n) is 6.27. The molecular weight excluding hydrogens is 382 g/mol. The first-order valence-electron chi connectivity index (χ1n) is 8.41. The third kappa shape index (κ3) is 3.28. The Balaban J connectivity index is 1.83. The van der Waals surface area contributed by atoms with E-state index in [1.54, 1.807) is 42.7 Å². The first-order chi connectivity index (χ1) is 13.0. The van der Waals surface area contributed by atoms with Crippen molar-refractivity contribution in [2.75, 3.05) is 4.31 Å². The zero-order chi connectivity index (χ0) is 19.0. The van der Waals surface area contributed by atoms with Gasteiger partial charge in [-0.3, -0.25) is 4.79 Å². The summed E-state index contributed by atoms with van der Waals surface area (Å²) in [5.41, 5.74) is 1.33. The molecular formula is C20H17NO4S2. The number of amides is 1. The SMILES string of the molecule is Cc1ccc(S(=O)(=O)N2C(=O)CC(c3ccco3)Sc3ccccc32)cc1. The van der Waals surface area contributed by atoms with E-state index in [4.69, 9.17) is 4.42 Å². The molecule has 0 N–H and O–H groups in total. The molecule has 1 amide bonds. The lowest BCUT2D eigenvalue weighted by atomic mass is 10.2. The number of para-hydroxylation sites is 1. The fourth-order valence-corrected chi connectivity index (χ4v) is 5.74. The lowest BCUT2D eigenvalue weighted by Gasteiger charge is -2.22. The second kappa shape index (κ2) is 6.90. The summed E-state index contributed by atoms with van der Waals surface area (Å²) in [5.74, 6) is 0.173. The Morgan fingerprint density at radius 1 is 1.04 bits per heavy atom. The summed E-state index contributed by atoms with van der Waals surface area (Å²) in [5, 5.41) is -0.285. The van der Waals surface area contributed by atoms with Gasteiger partial charge < -0.3 is 4.42 Å². The van der Waals surface area contributed by atoms with Crippen molar-refractivity contribution in [2.45, 2.75) is 28.4 Å². The summed E-state index contributed by atoms with van der Waals surface area (Å²) in [6, 6.07) is 17.1. The topological polar surface area (TPSA) is 67.6 Å². The van der Waals surface area contributed by atoms with E-state index >= 15 is 0 Å². The van der Waals surface area contributed by atoms with Crippen LogP contribution in [0.25, 0.3) is 0 Å². The highest BCUT2D eigenvalue weighted by Crippen LogP contribution is 2.46. The molecule has 3 aromatic rings. The molecule has 7 heteroatoms. The first kappa shape index (κ1) is 17.9. The largest absolute Gasteiger partial charge is 0.468 e. The molecule has 27 heavy (non-hydrogen) atoms. The normalized spacial score (nSPS) is 17.4. The van der Waals surface area contributed by atoms with Crippen LogP contribution < -0.4 is 4.31 Å². The summed E-state index contributed by atoms with van der Waals surface area (Å²) in [4.78, 5) is 13.9. The molecule has 0 saturated carbocycles. The van der Waals surface area contributed by atoms with E-state index in [1.807, 2.05) is 19.1 Å². The van der Waals surface area contributed by atoms with Crippen molar-refractivity contribution >= 4 is 33.4 Å². The maximum Gasteiger partial charge on any atom is 0.270 e. The molecule has 0 fully saturated rings. The molecule has 0 spiro atoms. The third-order valence-corrected chi connectivity index (χ3v) is 7.39. The van der Waals surface area contributed by atoms with E-state index in [9.17, 15) is 13.2 Å². The zero-order valence-corrected chi connectivity index (χ0v) is 16.2. The molecule has 2 aromatic carbocycles. The van der Waals surface area contributed by atoms with Gasteiger partial charge in [0.15, 0.2) is 0 Å². The molecule has 1 aliphatic heterocycles. The van der Waals surface area contributed by atoms with Crippen molar-refractivity contribution in [3.8, 4) is 0 Å². The van der Waals surface area contributed by atoms with Crippen LogP contribution in [0.15, 0.2) is 81.1 Å². The number of aryl methyl sites for hydroxylation is 1. The standard InChI is InChI=1S/C20H17NO4S2/c1-14-8-10-15(11-9-14)27(23,24)21-16-5-2-3-7-18(16)26-19(13-20(21)22)17-6-4-12-25-17/h2-12,19H,13H2,1H3. The Labute approximate surface area is 162 Å². The van der Waals surface area contributed by atoms with Gasteiger partial charge in [0.1, 0.15) is 5.76 Å². The number of furan rings is 1. The highest BCUT2D eigenvalue weighted by atomic mass is 32.2. The van der Waals surface area contributed by atoms with Gasteiger partial charge in [-0.05, 0) is 43.3 Å². The van der Waals surface area contributed by atoms with Gasteiger partial charge in [0, 0.05) is 11.3 Å². The van der Waals surface area contributed by atoms with E-state index in [2.05, 4.69) is 0 Å². The number of hydrogen-bond donors (Lipinski definition) is 0. The van der Waals surface area contributed by atoms with Crippen molar-refractivity contribution < 1.29 is 17.6 Å². The minimum Gasteiger partial charge on any atom is -0.468 e. The Morgan fingerprint density at radius 2 is 1.78 bits per heavy atom. The highest BCUT2D eigenvalue weighted by Gasteiger charge is 2.37. The third-order valence-electron chi connectivity index (χ3n) is 4.36. The average Bonchev–Trinajstić information content (AvgIpc) is 3.12. The Morgan fingerprint density at radius 3 is 2.48 bits per heavy atom. The van der Waals surface area contributed by atoms with Gasteiger partial charge in [-0.2, -0.15) is 0 Å². The molecule has 2 heterocycles. The van der Waals surface area contributed by atoms with Crippen LogP contribution in [0.5, 0.6) is 0 Å². The van der Waals surface area contributed by atoms with Crippen LogP contribution in [0, 0.1) is 6.92 Å². The number of fused-ring (bicyclic) bond motifs is 1. The van der Waals surface area contributed by atoms with Crippen molar-refractivity contribution in [3.05, 3.63) is 78.3 Å². The Kier molecular flexibility index (Phi) is 4.57. The predicted molar refractivity (Wildman–Crippen MR) is 104 cm³/mol. The van der Waals surface area contributed by atoms with Crippen LogP contribution >= 0.6 is 11.8 Å². The summed E-state index contributed by atoms with van der Waals surface area (Å²) in [7, 11) is -4.02. The van der Waals surface area contributed by atoms with Crippen LogP contribution in [-0.2, 0) is 14.8 Å². The molecule has 1 unspecified atom stereocenters. The Bertz CT molecular complexity index is 1070. The second-order valence-corrected chi connectivity index (χ2v) is 9.30. The summed E-state index contributed by atoms with van der Waals surface area (Å²) in [6.07, 6.45) is 1.58. The number of nitrogens with zero attached hydrogens (tertiary/aromatic N) is 1. The number of anilines is 1. The molecule has 1 atom stereocenters. The molecule has 0 bridgehead atoms. The first-order valence-corrected chi connectivity index (χ1v) is 10.7. The minimum absolute atomic E-state index is 0.0257. The van der Waals surface area contributed by atoms with E-state index in [0.717, 1.165) is 14.8 Å². The van der Waals surface area contributed by atoms with E-state index < -0.39 is 15.9 Å². The van der Waals surface area contributed by atoms with E-state index in [1.165, 1.54) is 23.9 Å². The van der Waals surface area contributed by atoms with Gasteiger partial charge in [-0.1, -0.05) is 29.8 Å².